The number of carbonyl (C=O) groups is 1. The van der Waals surface area contributed by atoms with Gasteiger partial charge in [-0.05, 0) is 39.0 Å². The Morgan fingerprint density at radius 2 is 2.00 bits per heavy atom. The normalized spacial score (nSPS) is 26.2. The topological polar surface area (TPSA) is 55.6 Å². The summed E-state index contributed by atoms with van der Waals surface area (Å²) in [6, 6.07) is 0.0660. The van der Waals surface area contributed by atoms with Crippen molar-refractivity contribution >= 4 is 6.09 Å². The Kier molecular flexibility index (Phi) is 4.42. The molecule has 2 N–H and O–H groups in total. The van der Waals surface area contributed by atoms with Crippen molar-refractivity contribution in [3.8, 4) is 0 Å². The number of carbonyl (C=O) groups excluding carboxylic acids is 1. The van der Waals surface area contributed by atoms with Crippen molar-refractivity contribution in [3.05, 3.63) is 0 Å². The van der Waals surface area contributed by atoms with Gasteiger partial charge in [0.1, 0.15) is 5.60 Å². The summed E-state index contributed by atoms with van der Waals surface area (Å²) >= 11 is 0. The van der Waals surface area contributed by atoms with Gasteiger partial charge in [-0.1, -0.05) is 13.8 Å². The first-order valence-electron chi connectivity index (χ1n) is 6.44. The van der Waals surface area contributed by atoms with Crippen molar-refractivity contribution in [1.29, 1.82) is 0 Å². The molecule has 1 fully saturated rings. The molecule has 1 amide bonds. The van der Waals surface area contributed by atoms with E-state index in [-0.39, 0.29) is 12.1 Å². The minimum atomic E-state index is -0.434. The predicted octanol–water partition coefficient (Wildman–Crippen LogP) is 2.23. The molecule has 1 aliphatic heterocycles. The number of piperidine rings is 1. The first-order valence-corrected chi connectivity index (χ1v) is 6.44. The van der Waals surface area contributed by atoms with Crippen molar-refractivity contribution in [3.63, 3.8) is 0 Å². The highest BCUT2D eigenvalue weighted by Gasteiger charge is 2.32. The highest BCUT2D eigenvalue weighted by Crippen LogP contribution is 2.24. The summed E-state index contributed by atoms with van der Waals surface area (Å²) in [4.78, 5) is 13.6. The number of nitrogens with two attached hydrogens (primary N) is 1. The lowest BCUT2D eigenvalue weighted by molar-refractivity contribution is 0.0136. The first-order chi connectivity index (χ1) is 7.70. The highest BCUT2D eigenvalue weighted by molar-refractivity contribution is 5.68. The van der Waals surface area contributed by atoms with E-state index >= 15 is 0 Å². The lowest BCUT2D eigenvalue weighted by atomic mass is 9.83. The average molecular weight is 242 g/mol. The number of nitrogens with zero attached hydrogens (tertiary/aromatic N) is 1. The first kappa shape index (κ1) is 14.3. The van der Waals surface area contributed by atoms with Crippen LogP contribution in [0.25, 0.3) is 0 Å². The summed E-state index contributed by atoms with van der Waals surface area (Å²) in [7, 11) is 0. The van der Waals surface area contributed by atoms with Crippen LogP contribution in [0.2, 0.25) is 0 Å². The van der Waals surface area contributed by atoms with E-state index in [1.165, 1.54) is 0 Å². The lowest BCUT2D eigenvalue weighted by Gasteiger charge is -2.39. The van der Waals surface area contributed by atoms with Crippen molar-refractivity contribution in [2.24, 2.45) is 17.6 Å². The van der Waals surface area contributed by atoms with E-state index in [9.17, 15) is 4.79 Å². The molecule has 1 aliphatic rings. The van der Waals surface area contributed by atoms with Crippen LogP contribution in [-0.2, 0) is 4.74 Å². The summed E-state index contributed by atoms with van der Waals surface area (Å²) in [5.41, 5.74) is 5.69. The smallest absolute Gasteiger partial charge is 0.410 e. The van der Waals surface area contributed by atoms with Crippen LogP contribution in [0.15, 0.2) is 0 Å². The molecule has 100 valence electrons. The molecule has 2 atom stereocenters. The van der Waals surface area contributed by atoms with Crippen LogP contribution in [0.4, 0.5) is 4.79 Å². The second kappa shape index (κ2) is 5.25. The van der Waals surface area contributed by atoms with Crippen LogP contribution in [0, 0.1) is 11.8 Å². The van der Waals surface area contributed by atoms with Crippen molar-refractivity contribution in [1.82, 2.24) is 4.90 Å². The Morgan fingerprint density at radius 1 is 1.41 bits per heavy atom. The van der Waals surface area contributed by atoms with Crippen molar-refractivity contribution in [2.75, 3.05) is 13.1 Å². The molecule has 1 saturated heterocycles. The van der Waals surface area contributed by atoms with E-state index in [1.807, 2.05) is 20.8 Å². The zero-order valence-electron chi connectivity index (χ0n) is 11.7. The van der Waals surface area contributed by atoms with Crippen LogP contribution < -0.4 is 5.73 Å². The maximum Gasteiger partial charge on any atom is 0.410 e. The summed E-state index contributed by atoms with van der Waals surface area (Å²) in [6.07, 6.45) is 0.730. The van der Waals surface area contributed by atoms with E-state index in [0.29, 0.717) is 18.4 Å². The summed E-state index contributed by atoms with van der Waals surface area (Å²) in [6.45, 7) is 11.4. The molecule has 0 aliphatic carbocycles. The second-order valence-corrected chi connectivity index (χ2v) is 6.29. The van der Waals surface area contributed by atoms with Crippen LogP contribution in [0.3, 0.4) is 0 Å². The lowest BCUT2D eigenvalue weighted by Crippen LogP contribution is -2.52. The minimum absolute atomic E-state index is 0.0660. The molecule has 4 nitrogen and oxygen atoms in total. The fraction of sp³-hybridized carbons (Fsp3) is 0.923. The SMILES string of the molecule is CC(C)[C@@H]1CCN(C(=O)OC(C)(C)C)C[C@@H]1N. The molecule has 0 unspecified atom stereocenters. The Labute approximate surface area is 104 Å². The average Bonchev–Trinajstić information content (AvgIpc) is 2.14. The van der Waals surface area contributed by atoms with E-state index in [4.69, 9.17) is 10.5 Å². The van der Waals surface area contributed by atoms with Crippen molar-refractivity contribution < 1.29 is 9.53 Å². The van der Waals surface area contributed by atoms with Gasteiger partial charge < -0.3 is 15.4 Å². The van der Waals surface area contributed by atoms with Gasteiger partial charge in [0, 0.05) is 19.1 Å². The van der Waals surface area contributed by atoms with Gasteiger partial charge in [0.05, 0.1) is 0 Å². The monoisotopic (exact) mass is 242 g/mol. The third-order valence-electron chi connectivity index (χ3n) is 3.22. The summed E-state index contributed by atoms with van der Waals surface area (Å²) in [5, 5.41) is 0. The quantitative estimate of drug-likeness (QED) is 0.767. The number of likely N-dealkylation sites (tertiary alicyclic amines) is 1. The fourth-order valence-corrected chi connectivity index (χ4v) is 2.32. The molecule has 1 heterocycles. The molecule has 0 aromatic rings. The largest absolute Gasteiger partial charge is 0.444 e. The molecule has 0 saturated carbocycles. The zero-order chi connectivity index (χ0) is 13.2. The van der Waals surface area contributed by atoms with E-state index in [0.717, 1.165) is 13.0 Å². The van der Waals surface area contributed by atoms with Gasteiger partial charge in [0.25, 0.3) is 0 Å². The molecule has 4 heteroatoms. The Morgan fingerprint density at radius 3 is 2.41 bits per heavy atom. The fourth-order valence-electron chi connectivity index (χ4n) is 2.32. The molecular weight excluding hydrogens is 216 g/mol. The highest BCUT2D eigenvalue weighted by atomic mass is 16.6. The van der Waals surface area contributed by atoms with E-state index in [1.54, 1.807) is 4.90 Å². The number of hydrogen-bond donors (Lipinski definition) is 1. The summed E-state index contributed by atoms with van der Waals surface area (Å²) in [5.74, 6) is 1.08. The third-order valence-corrected chi connectivity index (χ3v) is 3.22. The van der Waals surface area contributed by atoms with Gasteiger partial charge in [-0.2, -0.15) is 0 Å². The van der Waals surface area contributed by atoms with E-state index < -0.39 is 5.60 Å². The molecule has 0 spiro atoms. The summed E-state index contributed by atoms with van der Waals surface area (Å²) < 4.78 is 5.35. The molecular formula is C13H26N2O2. The van der Waals surface area contributed by atoms with Crippen LogP contribution >= 0.6 is 0 Å². The number of amides is 1. The Hall–Kier alpha value is -0.770. The van der Waals surface area contributed by atoms with Crippen LogP contribution in [0.5, 0.6) is 0 Å². The van der Waals surface area contributed by atoms with Crippen LogP contribution in [0.1, 0.15) is 41.0 Å². The number of ether oxygens (including phenoxy) is 1. The van der Waals surface area contributed by atoms with Crippen molar-refractivity contribution in [2.45, 2.75) is 52.7 Å². The van der Waals surface area contributed by atoms with Gasteiger partial charge in [0.15, 0.2) is 0 Å². The molecule has 1 rings (SSSR count). The molecule has 0 aromatic heterocycles. The van der Waals surface area contributed by atoms with Crippen LogP contribution in [-0.4, -0.2) is 35.7 Å². The maximum atomic E-state index is 11.9. The number of hydrogen-bond acceptors (Lipinski definition) is 3. The number of rotatable bonds is 1. The molecule has 0 radical (unpaired) electrons. The molecule has 17 heavy (non-hydrogen) atoms. The van der Waals surface area contributed by atoms with Gasteiger partial charge in [-0.15, -0.1) is 0 Å². The predicted molar refractivity (Wildman–Crippen MR) is 68.7 cm³/mol. The zero-order valence-corrected chi connectivity index (χ0v) is 11.7. The van der Waals surface area contributed by atoms with Gasteiger partial charge in [-0.3, -0.25) is 0 Å². The van der Waals surface area contributed by atoms with Gasteiger partial charge >= 0.3 is 6.09 Å². The molecule has 0 bridgehead atoms. The standard InChI is InChI=1S/C13H26N2O2/c1-9(2)10-6-7-15(8-11(10)14)12(16)17-13(3,4)5/h9-11H,6-8,14H2,1-5H3/t10-,11-/m0/s1. The van der Waals surface area contributed by atoms with E-state index in [2.05, 4.69) is 13.8 Å². The third kappa shape index (κ3) is 4.19. The molecule has 0 aromatic carbocycles. The maximum absolute atomic E-state index is 11.9. The minimum Gasteiger partial charge on any atom is -0.444 e. The second-order valence-electron chi connectivity index (χ2n) is 6.29. The Balaban J connectivity index is 2.52. The van der Waals surface area contributed by atoms with Gasteiger partial charge in [-0.25, -0.2) is 4.79 Å². The Bertz CT molecular complexity index is 271. The van der Waals surface area contributed by atoms with Gasteiger partial charge in [0.2, 0.25) is 0 Å².